The van der Waals surface area contributed by atoms with Gasteiger partial charge in [-0.05, 0) is 37.9 Å². The number of ether oxygens (including phenoxy) is 1. The molecule has 1 fully saturated rings. The second-order valence-corrected chi connectivity index (χ2v) is 6.66. The third-order valence-corrected chi connectivity index (χ3v) is 5.31. The molecule has 24 heavy (non-hydrogen) atoms. The molecule has 4 aromatic carbocycles. The van der Waals surface area contributed by atoms with Gasteiger partial charge in [0, 0.05) is 6.42 Å². The Labute approximate surface area is 139 Å². The van der Waals surface area contributed by atoms with Gasteiger partial charge in [-0.1, -0.05) is 54.6 Å². The zero-order valence-electron chi connectivity index (χ0n) is 13.1. The maximum atomic E-state index is 10.1. The summed E-state index contributed by atoms with van der Waals surface area (Å²) in [6.07, 6.45) is -0.760. The molecule has 0 bridgehead atoms. The summed E-state index contributed by atoms with van der Waals surface area (Å²) in [6, 6.07) is 19.2. The van der Waals surface area contributed by atoms with Crippen LogP contribution >= 0.6 is 0 Å². The van der Waals surface area contributed by atoms with E-state index in [1.54, 1.807) is 0 Å². The molecule has 3 heteroatoms. The van der Waals surface area contributed by atoms with E-state index in [0.717, 1.165) is 5.56 Å². The SMILES string of the molecule is OC[C@H]1O[C@H](c2ccc3ccc4cccc5ccc2c3c45)C[C@@H]1O. The van der Waals surface area contributed by atoms with E-state index < -0.39 is 12.2 Å². The van der Waals surface area contributed by atoms with Gasteiger partial charge in [-0.15, -0.1) is 0 Å². The minimum absolute atomic E-state index is 0.149. The summed E-state index contributed by atoms with van der Waals surface area (Å²) < 4.78 is 5.90. The van der Waals surface area contributed by atoms with Crippen LogP contribution in [0.3, 0.4) is 0 Å². The van der Waals surface area contributed by atoms with Crippen molar-refractivity contribution in [3.05, 3.63) is 60.2 Å². The number of hydrogen-bond acceptors (Lipinski definition) is 3. The highest BCUT2D eigenvalue weighted by atomic mass is 16.5. The molecule has 3 nitrogen and oxygen atoms in total. The normalized spacial score (nSPS) is 24.5. The van der Waals surface area contributed by atoms with Gasteiger partial charge in [-0.2, -0.15) is 0 Å². The molecule has 1 saturated heterocycles. The van der Waals surface area contributed by atoms with Gasteiger partial charge in [0.1, 0.15) is 6.10 Å². The van der Waals surface area contributed by atoms with Gasteiger partial charge in [0.25, 0.3) is 0 Å². The van der Waals surface area contributed by atoms with E-state index in [-0.39, 0.29) is 12.7 Å². The first-order chi connectivity index (χ1) is 11.8. The molecule has 0 radical (unpaired) electrons. The third-order valence-electron chi connectivity index (χ3n) is 5.31. The highest BCUT2D eigenvalue weighted by molar-refractivity contribution is 6.23. The first-order valence-corrected chi connectivity index (χ1v) is 8.37. The number of aliphatic hydroxyl groups is 2. The highest BCUT2D eigenvalue weighted by Gasteiger charge is 2.35. The van der Waals surface area contributed by atoms with Crippen LogP contribution in [0.15, 0.2) is 54.6 Å². The summed E-state index contributed by atoms with van der Waals surface area (Å²) in [4.78, 5) is 0. The van der Waals surface area contributed by atoms with Crippen LogP contribution in [0.2, 0.25) is 0 Å². The molecule has 5 rings (SSSR count). The topological polar surface area (TPSA) is 49.7 Å². The van der Waals surface area contributed by atoms with Gasteiger partial charge in [-0.25, -0.2) is 0 Å². The molecule has 2 N–H and O–H groups in total. The summed E-state index contributed by atoms with van der Waals surface area (Å²) in [5.74, 6) is 0. The fraction of sp³-hybridized carbons (Fsp3) is 0.238. The van der Waals surface area contributed by atoms with E-state index in [4.69, 9.17) is 4.74 Å². The molecule has 1 aliphatic heterocycles. The van der Waals surface area contributed by atoms with Crippen LogP contribution in [0, 0.1) is 0 Å². The molecule has 0 spiro atoms. The average Bonchev–Trinajstić information content (AvgIpc) is 3.00. The molecular formula is C21H18O3. The van der Waals surface area contributed by atoms with Crippen LogP contribution in [-0.2, 0) is 4.74 Å². The molecule has 0 unspecified atom stereocenters. The van der Waals surface area contributed by atoms with Gasteiger partial charge in [-0.3, -0.25) is 0 Å². The van der Waals surface area contributed by atoms with E-state index in [1.165, 1.54) is 32.3 Å². The van der Waals surface area contributed by atoms with Gasteiger partial charge in [0.05, 0.1) is 18.8 Å². The van der Waals surface area contributed by atoms with Crippen LogP contribution in [-0.4, -0.2) is 29.0 Å². The summed E-state index contributed by atoms with van der Waals surface area (Å²) in [6.45, 7) is -0.149. The minimum Gasteiger partial charge on any atom is -0.394 e. The molecule has 120 valence electrons. The predicted octanol–water partition coefficient (Wildman–Crippen LogP) is 3.77. The van der Waals surface area contributed by atoms with E-state index >= 15 is 0 Å². The Bertz CT molecular complexity index is 1020. The van der Waals surface area contributed by atoms with Gasteiger partial charge >= 0.3 is 0 Å². The van der Waals surface area contributed by atoms with E-state index in [9.17, 15) is 10.2 Å². The predicted molar refractivity (Wildman–Crippen MR) is 95.5 cm³/mol. The Hall–Kier alpha value is -2.20. The second kappa shape index (κ2) is 5.15. The number of aliphatic hydroxyl groups excluding tert-OH is 2. The van der Waals surface area contributed by atoms with Crippen LogP contribution in [0.1, 0.15) is 18.1 Å². The van der Waals surface area contributed by atoms with Crippen LogP contribution in [0.4, 0.5) is 0 Å². The molecule has 0 amide bonds. The van der Waals surface area contributed by atoms with Crippen LogP contribution < -0.4 is 0 Å². The largest absolute Gasteiger partial charge is 0.394 e. The van der Waals surface area contributed by atoms with E-state index in [2.05, 4.69) is 54.6 Å². The Kier molecular flexibility index (Phi) is 3.04. The number of benzene rings is 4. The second-order valence-electron chi connectivity index (χ2n) is 6.66. The van der Waals surface area contributed by atoms with Gasteiger partial charge in [0.15, 0.2) is 0 Å². The Morgan fingerprint density at radius 1 is 0.875 bits per heavy atom. The first-order valence-electron chi connectivity index (χ1n) is 8.37. The van der Waals surface area contributed by atoms with Crippen molar-refractivity contribution in [3.8, 4) is 0 Å². The summed E-state index contributed by atoms with van der Waals surface area (Å²) in [5, 5.41) is 26.8. The zero-order chi connectivity index (χ0) is 16.3. The molecule has 0 aliphatic carbocycles. The quantitative estimate of drug-likeness (QED) is 0.553. The summed E-state index contributed by atoms with van der Waals surface area (Å²) in [7, 11) is 0. The van der Waals surface area contributed by atoms with Crippen molar-refractivity contribution < 1.29 is 14.9 Å². The first kappa shape index (κ1) is 14.2. The van der Waals surface area contributed by atoms with E-state index in [1.807, 2.05) is 0 Å². The number of rotatable bonds is 2. The molecule has 0 saturated carbocycles. The monoisotopic (exact) mass is 318 g/mol. The maximum absolute atomic E-state index is 10.1. The van der Waals surface area contributed by atoms with Crippen molar-refractivity contribution in [3.63, 3.8) is 0 Å². The van der Waals surface area contributed by atoms with Crippen molar-refractivity contribution in [1.29, 1.82) is 0 Å². The smallest absolute Gasteiger partial charge is 0.107 e. The Morgan fingerprint density at radius 3 is 2.25 bits per heavy atom. The lowest BCUT2D eigenvalue weighted by atomic mass is 9.90. The lowest BCUT2D eigenvalue weighted by molar-refractivity contribution is -0.0222. The molecule has 1 heterocycles. The van der Waals surface area contributed by atoms with Crippen molar-refractivity contribution in [2.45, 2.75) is 24.7 Å². The van der Waals surface area contributed by atoms with Crippen molar-refractivity contribution in [2.24, 2.45) is 0 Å². The number of hydrogen-bond donors (Lipinski definition) is 2. The molecular weight excluding hydrogens is 300 g/mol. The average molecular weight is 318 g/mol. The van der Waals surface area contributed by atoms with Gasteiger partial charge < -0.3 is 14.9 Å². The fourth-order valence-corrected chi connectivity index (χ4v) is 4.13. The molecule has 3 atom stereocenters. The summed E-state index contributed by atoms with van der Waals surface area (Å²) >= 11 is 0. The van der Waals surface area contributed by atoms with Crippen molar-refractivity contribution >= 4 is 32.3 Å². The Balaban J connectivity index is 1.79. The summed E-state index contributed by atoms with van der Waals surface area (Å²) in [5.41, 5.74) is 1.09. The lowest BCUT2D eigenvalue weighted by Gasteiger charge is -2.18. The van der Waals surface area contributed by atoms with Crippen LogP contribution in [0.5, 0.6) is 0 Å². The third kappa shape index (κ3) is 1.89. The van der Waals surface area contributed by atoms with Crippen LogP contribution in [0.25, 0.3) is 32.3 Å². The van der Waals surface area contributed by atoms with Crippen molar-refractivity contribution in [2.75, 3.05) is 6.61 Å². The fourth-order valence-electron chi connectivity index (χ4n) is 4.13. The molecule has 1 aliphatic rings. The maximum Gasteiger partial charge on any atom is 0.107 e. The minimum atomic E-state index is -0.612. The Morgan fingerprint density at radius 2 is 1.54 bits per heavy atom. The van der Waals surface area contributed by atoms with E-state index in [0.29, 0.717) is 6.42 Å². The van der Waals surface area contributed by atoms with Crippen molar-refractivity contribution in [1.82, 2.24) is 0 Å². The highest BCUT2D eigenvalue weighted by Crippen LogP contribution is 2.41. The molecule has 4 aromatic rings. The molecule has 0 aromatic heterocycles. The lowest BCUT2D eigenvalue weighted by Crippen LogP contribution is -2.24. The standard InChI is InChI=1S/C21H18O3/c22-11-19-17(23)10-18(24-19)15-8-6-14-5-4-12-2-1-3-13-7-9-16(15)21(14)20(12)13/h1-9,17-19,22-23H,10-11H2/t17-,18-,19+/m0/s1. The van der Waals surface area contributed by atoms with Gasteiger partial charge in [0.2, 0.25) is 0 Å². The zero-order valence-corrected chi connectivity index (χ0v) is 13.1.